The first kappa shape index (κ1) is 16.7. The summed E-state index contributed by atoms with van der Waals surface area (Å²) in [5.74, 6) is -1.45. The number of benzene rings is 1. The smallest absolute Gasteiger partial charge is 0.308 e. The minimum atomic E-state index is -0.841. The summed E-state index contributed by atoms with van der Waals surface area (Å²) in [5, 5.41) is 13.5. The molecule has 1 aromatic heterocycles. The number of likely N-dealkylation sites (tertiary alicyclic amines) is 1. The van der Waals surface area contributed by atoms with Crippen LogP contribution < -0.4 is 0 Å². The SMILES string of the molecule is CCc1c(C(=O)N2CCC(C(=O)O)C2)cnn1-c1ccc(Br)cc1. The predicted octanol–water partition coefficient (Wildman–Crippen LogP) is 2.74. The van der Waals surface area contributed by atoms with Gasteiger partial charge in [-0.05, 0) is 37.1 Å². The predicted molar refractivity (Wildman–Crippen MR) is 92.3 cm³/mol. The third kappa shape index (κ3) is 3.08. The van der Waals surface area contributed by atoms with Crippen LogP contribution in [-0.2, 0) is 11.2 Å². The molecule has 126 valence electrons. The van der Waals surface area contributed by atoms with E-state index < -0.39 is 11.9 Å². The van der Waals surface area contributed by atoms with Gasteiger partial charge in [0.05, 0.1) is 29.1 Å². The zero-order chi connectivity index (χ0) is 17.3. The van der Waals surface area contributed by atoms with E-state index >= 15 is 0 Å². The number of hydrogen-bond donors (Lipinski definition) is 1. The fourth-order valence-corrected chi connectivity index (χ4v) is 3.28. The van der Waals surface area contributed by atoms with Gasteiger partial charge in [0, 0.05) is 17.6 Å². The van der Waals surface area contributed by atoms with E-state index in [9.17, 15) is 9.59 Å². The molecule has 2 aromatic rings. The van der Waals surface area contributed by atoms with E-state index in [4.69, 9.17) is 5.11 Å². The molecule has 0 aliphatic carbocycles. The highest BCUT2D eigenvalue weighted by Crippen LogP contribution is 2.23. The Hall–Kier alpha value is -2.15. The van der Waals surface area contributed by atoms with Gasteiger partial charge in [-0.1, -0.05) is 22.9 Å². The summed E-state index contributed by atoms with van der Waals surface area (Å²) >= 11 is 3.41. The third-order valence-electron chi connectivity index (χ3n) is 4.33. The number of halogens is 1. The van der Waals surface area contributed by atoms with E-state index in [1.165, 1.54) is 0 Å². The molecule has 1 N–H and O–H groups in total. The monoisotopic (exact) mass is 391 g/mol. The van der Waals surface area contributed by atoms with E-state index in [0.29, 0.717) is 24.9 Å². The molecule has 0 bridgehead atoms. The number of carbonyl (C=O) groups is 2. The molecule has 1 unspecified atom stereocenters. The van der Waals surface area contributed by atoms with Crippen LogP contribution in [0.2, 0.25) is 0 Å². The van der Waals surface area contributed by atoms with Crippen LogP contribution >= 0.6 is 15.9 Å². The number of carboxylic acid groups (broad SMARTS) is 1. The molecular formula is C17H18BrN3O3. The molecule has 6 nitrogen and oxygen atoms in total. The Balaban J connectivity index is 1.88. The minimum Gasteiger partial charge on any atom is -0.481 e. The Labute approximate surface area is 148 Å². The molecule has 1 aliphatic heterocycles. The van der Waals surface area contributed by atoms with E-state index in [2.05, 4.69) is 21.0 Å². The first-order chi connectivity index (χ1) is 11.5. The molecule has 24 heavy (non-hydrogen) atoms. The van der Waals surface area contributed by atoms with Crippen LogP contribution in [0.25, 0.3) is 5.69 Å². The highest BCUT2D eigenvalue weighted by molar-refractivity contribution is 9.10. The largest absolute Gasteiger partial charge is 0.481 e. The molecule has 1 aromatic carbocycles. The van der Waals surface area contributed by atoms with E-state index in [0.717, 1.165) is 15.9 Å². The van der Waals surface area contributed by atoms with Crippen molar-refractivity contribution < 1.29 is 14.7 Å². The third-order valence-corrected chi connectivity index (χ3v) is 4.86. The van der Waals surface area contributed by atoms with Crippen LogP contribution in [0, 0.1) is 5.92 Å². The highest BCUT2D eigenvalue weighted by atomic mass is 79.9. The van der Waals surface area contributed by atoms with Gasteiger partial charge in [0.2, 0.25) is 0 Å². The van der Waals surface area contributed by atoms with Crippen molar-refractivity contribution in [1.82, 2.24) is 14.7 Å². The molecule has 1 saturated heterocycles. The van der Waals surface area contributed by atoms with Gasteiger partial charge in [0.1, 0.15) is 0 Å². The molecule has 3 rings (SSSR count). The number of carbonyl (C=O) groups excluding carboxylic acids is 1. The van der Waals surface area contributed by atoms with Crippen molar-refractivity contribution >= 4 is 27.8 Å². The fraction of sp³-hybridized carbons (Fsp3) is 0.353. The lowest BCUT2D eigenvalue weighted by atomic mass is 10.1. The molecule has 1 fully saturated rings. The van der Waals surface area contributed by atoms with Crippen molar-refractivity contribution in [3.63, 3.8) is 0 Å². The van der Waals surface area contributed by atoms with Gasteiger partial charge in [-0.2, -0.15) is 5.10 Å². The Kier molecular flexibility index (Phi) is 4.71. The van der Waals surface area contributed by atoms with Crippen LogP contribution in [-0.4, -0.2) is 44.8 Å². The highest BCUT2D eigenvalue weighted by Gasteiger charge is 2.32. The quantitative estimate of drug-likeness (QED) is 0.868. The summed E-state index contributed by atoms with van der Waals surface area (Å²) in [4.78, 5) is 25.5. The Morgan fingerprint density at radius 2 is 2.04 bits per heavy atom. The average molecular weight is 392 g/mol. The first-order valence-electron chi connectivity index (χ1n) is 7.86. The van der Waals surface area contributed by atoms with Crippen LogP contribution in [0.5, 0.6) is 0 Å². The van der Waals surface area contributed by atoms with Crippen LogP contribution in [0.15, 0.2) is 34.9 Å². The van der Waals surface area contributed by atoms with Gasteiger partial charge >= 0.3 is 5.97 Å². The second kappa shape index (κ2) is 6.76. The van der Waals surface area contributed by atoms with E-state index in [-0.39, 0.29) is 12.5 Å². The number of aliphatic carboxylic acids is 1. The molecule has 1 atom stereocenters. The first-order valence-corrected chi connectivity index (χ1v) is 8.65. The summed E-state index contributed by atoms with van der Waals surface area (Å²) < 4.78 is 2.74. The average Bonchev–Trinajstić information content (AvgIpc) is 3.22. The molecule has 7 heteroatoms. The second-order valence-electron chi connectivity index (χ2n) is 5.82. The van der Waals surface area contributed by atoms with Crippen molar-refractivity contribution in [2.75, 3.05) is 13.1 Å². The van der Waals surface area contributed by atoms with Gasteiger partial charge in [0.15, 0.2) is 0 Å². The second-order valence-corrected chi connectivity index (χ2v) is 6.74. The van der Waals surface area contributed by atoms with Crippen molar-refractivity contribution in [3.05, 3.63) is 46.2 Å². The van der Waals surface area contributed by atoms with E-state index in [1.54, 1.807) is 15.8 Å². The number of hydrogen-bond acceptors (Lipinski definition) is 3. The van der Waals surface area contributed by atoms with Crippen molar-refractivity contribution in [3.8, 4) is 5.69 Å². The summed E-state index contributed by atoms with van der Waals surface area (Å²) in [6.07, 6.45) is 2.74. The lowest BCUT2D eigenvalue weighted by Gasteiger charge is -2.16. The van der Waals surface area contributed by atoms with Crippen LogP contribution in [0.1, 0.15) is 29.4 Å². The van der Waals surface area contributed by atoms with Gasteiger partial charge < -0.3 is 10.0 Å². The van der Waals surface area contributed by atoms with Crippen LogP contribution in [0.3, 0.4) is 0 Å². The lowest BCUT2D eigenvalue weighted by Crippen LogP contribution is -2.30. The number of amides is 1. The van der Waals surface area contributed by atoms with Gasteiger partial charge in [-0.15, -0.1) is 0 Å². The zero-order valence-corrected chi connectivity index (χ0v) is 14.9. The molecular weight excluding hydrogens is 374 g/mol. The zero-order valence-electron chi connectivity index (χ0n) is 13.3. The summed E-state index contributed by atoms with van der Waals surface area (Å²) in [7, 11) is 0. The summed E-state index contributed by atoms with van der Waals surface area (Å²) in [6.45, 7) is 2.72. The maximum absolute atomic E-state index is 12.8. The van der Waals surface area contributed by atoms with Crippen molar-refractivity contribution in [2.24, 2.45) is 5.92 Å². The van der Waals surface area contributed by atoms with E-state index in [1.807, 2.05) is 31.2 Å². The van der Waals surface area contributed by atoms with Crippen LogP contribution in [0.4, 0.5) is 0 Å². The van der Waals surface area contributed by atoms with Crippen molar-refractivity contribution in [2.45, 2.75) is 19.8 Å². The normalized spacial score (nSPS) is 17.2. The summed E-state index contributed by atoms with van der Waals surface area (Å²) in [6, 6.07) is 7.72. The Bertz CT molecular complexity index is 770. The number of rotatable bonds is 4. The van der Waals surface area contributed by atoms with Crippen molar-refractivity contribution in [1.29, 1.82) is 0 Å². The standard InChI is InChI=1S/C17H18BrN3O3/c1-2-15-14(16(22)20-8-7-11(10-20)17(23)24)9-19-21(15)13-5-3-12(18)4-6-13/h3-6,9,11H,2,7-8,10H2,1H3,(H,23,24). The van der Waals surface area contributed by atoms with Gasteiger partial charge in [-0.3, -0.25) is 9.59 Å². The molecule has 0 saturated carbocycles. The Morgan fingerprint density at radius 3 is 2.62 bits per heavy atom. The fourth-order valence-electron chi connectivity index (χ4n) is 3.01. The molecule has 1 amide bonds. The lowest BCUT2D eigenvalue weighted by molar-refractivity contribution is -0.141. The summed E-state index contributed by atoms with van der Waals surface area (Å²) in [5.41, 5.74) is 2.27. The number of nitrogens with zero attached hydrogens (tertiary/aromatic N) is 3. The molecule has 0 spiro atoms. The van der Waals surface area contributed by atoms with Gasteiger partial charge in [-0.25, -0.2) is 4.68 Å². The minimum absolute atomic E-state index is 0.140. The maximum atomic E-state index is 12.8. The topological polar surface area (TPSA) is 75.4 Å². The molecule has 1 aliphatic rings. The molecule has 0 radical (unpaired) electrons. The number of aromatic nitrogens is 2. The molecule has 2 heterocycles. The van der Waals surface area contributed by atoms with Gasteiger partial charge in [0.25, 0.3) is 5.91 Å². The maximum Gasteiger partial charge on any atom is 0.308 e. The Morgan fingerprint density at radius 1 is 1.33 bits per heavy atom. The number of carboxylic acids is 1.